The van der Waals surface area contributed by atoms with Gasteiger partial charge in [0.2, 0.25) is 6.79 Å². The van der Waals surface area contributed by atoms with E-state index >= 15 is 0 Å². The smallest absolute Gasteiger partial charge is 0.231 e. The summed E-state index contributed by atoms with van der Waals surface area (Å²) in [7, 11) is 0. The lowest BCUT2D eigenvalue weighted by atomic mass is 9.98. The maximum atomic E-state index is 5.31. The molecule has 3 rings (SSSR count). The first kappa shape index (κ1) is 9.62. The van der Waals surface area contributed by atoms with Crippen molar-refractivity contribution in [2.75, 3.05) is 13.3 Å². The molecule has 2 aliphatic rings. The monoisotopic (exact) mass is 213 g/mol. The van der Waals surface area contributed by atoms with Gasteiger partial charge in [-0.15, -0.1) is 12.4 Å². The second-order valence-corrected chi connectivity index (χ2v) is 3.41. The van der Waals surface area contributed by atoms with Crippen molar-refractivity contribution in [3.63, 3.8) is 0 Å². The van der Waals surface area contributed by atoms with Crippen LogP contribution in [0.15, 0.2) is 18.2 Å². The van der Waals surface area contributed by atoms with Crippen molar-refractivity contribution in [1.29, 1.82) is 0 Å². The van der Waals surface area contributed by atoms with Gasteiger partial charge in [0, 0.05) is 6.04 Å². The van der Waals surface area contributed by atoms with Crippen LogP contribution in [0.4, 0.5) is 0 Å². The van der Waals surface area contributed by atoms with Crippen molar-refractivity contribution in [3.8, 4) is 11.5 Å². The quantitative estimate of drug-likeness (QED) is 0.773. The van der Waals surface area contributed by atoms with Gasteiger partial charge in [0.15, 0.2) is 11.5 Å². The van der Waals surface area contributed by atoms with Gasteiger partial charge in [-0.25, -0.2) is 0 Å². The molecule has 1 saturated heterocycles. The van der Waals surface area contributed by atoms with Gasteiger partial charge in [-0.2, -0.15) is 0 Å². The number of benzene rings is 1. The zero-order valence-electron chi connectivity index (χ0n) is 7.66. The van der Waals surface area contributed by atoms with Crippen molar-refractivity contribution in [2.24, 2.45) is 0 Å². The van der Waals surface area contributed by atoms with Crippen LogP contribution < -0.4 is 14.8 Å². The molecule has 0 aliphatic carbocycles. The third kappa shape index (κ3) is 1.42. The van der Waals surface area contributed by atoms with E-state index in [4.69, 9.17) is 9.47 Å². The van der Waals surface area contributed by atoms with Gasteiger partial charge in [-0.1, -0.05) is 6.07 Å². The van der Waals surface area contributed by atoms with Gasteiger partial charge in [0.1, 0.15) is 0 Å². The Morgan fingerprint density at radius 1 is 1.21 bits per heavy atom. The summed E-state index contributed by atoms with van der Waals surface area (Å²) in [6.45, 7) is 1.48. The number of halogens is 1. The Morgan fingerprint density at radius 2 is 2.00 bits per heavy atom. The van der Waals surface area contributed by atoms with Gasteiger partial charge in [0.25, 0.3) is 0 Å². The molecule has 1 N–H and O–H groups in total. The Kier molecular flexibility index (Phi) is 2.52. The number of hydrogen-bond donors (Lipinski definition) is 1. The largest absolute Gasteiger partial charge is 0.454 e. The van der Waals surface area contributed by atoms with Crippen LogP contribution in [-0.2, 0) is 0 Å². The fourth-order valence-corrected chi connectivity index (χ4v) is 1.70. The average Bonchev–Trinajstić information content (AvgIpc) is 2.47. The van der Waals surface area contributed by atoms with E-state index in [1.807, 2.05) is 6.07 Å². The van der Waals surface area contributed by atoms with Crippen molar-refractivity contribution >= 4 is 12.4 Å². The van der Waals surface area contributed by atoms with E-state index in [1.165, 1.54) is 12.0 Å². The highest BCUT2D eigenvalue weighted by Gasteiger charge is 2.21. The highest BCUT2D eigenvalue weighted by molar-refractivity contribution is 5.85. The summed E-state index contributed by atoms with van der Waals surface area (Å²) >= 11 is 0. The molecule has 1 atom stereocenters. The zero-order chi connectivity index (χ0) is 8.67. The Hall–Kier alpha value is -0.930. The minimum atomic E-state index is 0. The Morgan fingerprint density at radius 3 is 2.71 bits per heavy atom. The van der Waals surface area contributed by atoms with E-state index in [2.05, 4.69) is 17.4 Å². The molecule has 4 heteroatoms. The third-order valence-electron chi connectivity index (χ3n) is 2.62. The molecule has 14 heavy (non-hydrogen) atoms. The second kappa shape index (κ2) is 3.67. The van der Waals surface area contributed by atoms with Crippen LogP contribution in [0.25, 0.3) is 0 Å². The van der Waals surface area contributed by atoms with Gasteiger partial charge in [-0.05, 0) is 30.7 Å². The molecule has 2 aliphatic heterocycles. The number of ether oxygens (including phenoxy) is 2. The van der Waals surface area contributed by atoms with Crippen molar-refractivity contribution < 1.29 is 9.47 Å². The van der Waals surface area contributed by atoms with E-state index in [1.54, 1.807) is 0 Å². The van der Waals surface area contributed by atoms with Crippen molar-refractivity contribution in [2.45, 2.75) is 12.5 Å². The van der Waals surface area contributed by atoms with Crippen molar-refractivity contribution in [1.82, 2.24) is 5.32 Å². The number of fused-ring (bicyclic) bond motifs is 1. The van der Waals surface area contributed by atoms with Crippen LogP contribution in [0.3, 0.4) is 0 Å². The molecule has 1 fully saturated rings. The van der Waals surface area contributed by atoms with E-state index in [0.717, 1.165) is 18.0 Å². The summed E-state index contributed by atoms with van der Waals surface area (Å²) in [6.07, 6.45) is 1.22. The molecule has 3 nitrogen and oxygen atoms in total. The van der Waals surface area contributed by atoms with Gasteiger partial charge in [0.05, 0.1) is 0 Å². The summed E-state index contributed by atoms with van der Waals surface area (Å²) in [6, 6.07) is 6.68. The van der Waals surface area contributed by atoms with E-state index in [0.29, 0.717) is 12.8 Å². The average molecular weight is 214 g/mol. The summed E-state index contributed by atoms with van der Waals surface area (Å²) in [4.78, 5) is 0. The molecule has 1 aromatic carbocycles. The molecular formula is C10H12ClNO2. The number of nitrogens with one attached hydrogen (secondary N) is 1. The maximum absolute atomic E-state index is 5.31. The molecule has 0 radical (unpaired) electrons. The first-order chi connectivity index (χ1) is 6.43. The van der Waals surface area contributed by atoms with Gasteiger partial charge < -0.3 is 14.8 Å². The lowest BCUT2D eigenvalue weighted by Crippen LogP contribution is -2.34. The first-order valence-electron chi connectivity index (χ1n) is 4.56. The first-order valence-corrected chi connectivity index (χ1v) is 4.56. The molecule has 0 aromatic heterocycles. The van der Waals surface area contributed by atoms with Gasteiger partial charge >= 0.3 is 0 Å². The minimum absolute atomic E-state index is 0. The number of rotatable bonds is 1. The van der Waals surface area contributed by atoms with Crippen LogP contribution in [0.5, 0.6) is 11.5 Å². The molecule has 2 heterocycles. The lowest BCUT2D eigenvalue weighted by molar-refractivity contribution is 0.174. The molecule has 0 saturated carbocycles. The number of hydrogen-bond acceptors (Lipinski definition) is 3. The molecule has 0 spiro atoms. The summed E-state index contributed by atoms with van der Waals surface area (Å²) in [5, 5.41) is 3.36. The molecule has 0 amide bonds. The minimum Gasteiger partial charge on any atom is -0.454 e. The molecule has 0 unspecified atom stereocenters. The predicted octanol–water partition coefficient (Wildman–Crippen LogP) is 1.87. The van der Waals surface area contributed by atoms with Crippen molar-refractivity contribution in [3.05, 3.63) is 23.8 Å². The fraction of sp³-hybridized carbons (Fsp3) is 0.400. The summed E-state index contributed by atoms with van der Waals surface area (Å²) in [5.74, 6) is 1.74. The topological polar surface area (TPSA) is 30.5 Å². The van der Waals surface area contributed by atoms with Crippen LogP contribution in [0.1, 0.15) is 18.0 Å². The molecule has 0 bridgehead atoms. The van der Waals surface area contributed by atoms with Crippen LogP contribution in [-0.4, -0.2) is 13.3 Å². The third-order valence-corrected chi connectivity index (χ3v) is 2.62. The van der Waals surface area contributed by atoms with E-state index in [-0.39, 0.29) is 12.4 Å². The maximum Gasteiger partial charge on any atom is 0.231 e. The molecular weight excluding hydrogens is 202 g/mol. The highest BCUT2D eigenvalue weighted by Crippen LogP contribution is 2.35. The van der Waals surface area contributed by atoms with E-state index in [9.17, 15) is 0 Å². The molecule has 1 aromatic rings. The Balaban J connectivity index is 0.000000750. The van der Waals surface area contributed by atoms with Crippen LogP contribution >= 0.6 is 12.4 Å². The molecule has 76 valence electrons. The SMILES string of the molecule is Cl.c1cc2c(cc1[C@@H]1CCN1)OCO2. The highest BCUT2D eigenvalue weighted by atomic mass is 35.5. The summed E-state index contributed by atoms with van der Waals surface area (Å²) < 4.78 is 10.6. The summed E-state index contributed by atoms with van der Waals surface area (Å²) in [5.41, 5.74) is 1.30. The Labute approximate surface area is 88.8 Å². The van der Waals surface area contributed by atoms with Crippen LogP contribution in [0.2, 0.25) is 0 Å². The lowest BCUT2D eigenvalue weighted by Gasteiger charge is -2.28. The fourth-order valence-electron chi connectivity index (χ4n) is 1.70. The van der Waals surface area contributed by atoms with Crippen LogP contribution in [0, 0.1) is 0 Å². The van der Waals surface area contributed by atoms with E-state index < -0.39 is 0 Å². The standard InChI is InChI=1S/C10H11NO2.ClH/c1-2-9-10(13-6-12-9)5-7(1)8-3-4-11-8;/h1-2,5,8,11H,3-4,6H2;1H/t8-;/m0./s1. The van der Waals surface area contributed by atoms with Gasteiger partial charge in [-0.3, -0.25) is 0 Å². The second-order valence-electron chi connectivity index (χ2n) is 3.41. The Bertz CT molecular complexity index is 339. The normalized spacial score (nSPS) is 22.4. The predicted molar refractivity (Wildman–Crippen MR) is 55.2 cm³/mol. The zero-order valence-corrected chi connectivity index (χ0v) is 8.47.